The molecule has 1 aliphatic heterocycles. The third-order valence-electron chi connectivity index (χ3n) is 6.07. The minimum atomic E-state index is -1.62. The van der Waals surface area contributed by atoms with E-state index < -0.39 is 34.8 Å². The summed E-state index contributed by atoms with van der Waals surface area (Å²) in [5, 5.41) is 0. The van der Waals surface area contributed by atoms with Gasteiger partial charge in [-0.3, -0.25) is 14.7 Å². The number of benzene rings is 2. The molecule has 10 heteroatoms. The molecule has 2 aromatic carbocycles. The lowest BCUT2D eigenvalue weighted by Gasteiger charge is -2.48. The molecule has 1 atom stereocenters. The molecule has 2 N–H and O–H groups in total. The van der Waals surface area contributed by atoms with E-state index in [9.17, 15) is 14.4 Å². The Kier molecular flexibility index (Phi) is 8.40. The standard InChI is InChI=1S/C27H27F2N5O3/c1-27(11-14-35)25(36)33(21(17-30)18-31-2)12-13-34(27)26(37)32(3)24-22(28)15-20(16-23(24)29)10-9-19-7-5-4-6-8-19/h4-8,14-18H,11-13,30H2,1-3H3. The number of urea groups is 1. The number of rotatable bonds is 5. The maximum Gasteiger partial charge on any atom is 0.325 e. The Labute approximate surface area is 214 Å². The summed E-state index contributed by atoms with van der Waals surface area (Å²) in [6.45, 7) is 1.45. The normalized spacial score (nSPS) is 18.0. The molecule has 3 rings (SSSR count). The summed E-state index contributed by atoms with van der Waals surface area (Å²) in [4.78, 5) is 45.4. The second kappa shape index (κ2) is 11.5. The summed E-state index contributed by atoms with van der Waals surface area (Å²) in [6.07, 6.45) is 2.77. The highest BCUT2D eigenvalue weighted by atomic mass is 19.1. The van der Waals surface area contributed by atoms with Gasteiger partial charge < -0.3 is 20.3 Å². The predicted octanol–water partition coefficient (Wildman–Crippen LogP) is 2.91. The van der Waals surface area contributed by atoms with Gasteiger partial charge in [0.05, 0.1) is 5.70 Å². The van der Waals surface area contributed by atoms with E-state index in [1.807, 2.05) is 6.07 Å². The van der Waals surface area contributed by atoms with E-state index in [0.29, 0.717) is 17.5 Å². The van der Waals surface area contributed by atoms with Crippen LogP contribution < -0.4 is 10.6 Å². The van der Waals surface area contributed by atoms with Gasteiger partial charge in [0, 0.05) is 57.1 Å². The van der Waals surface area contributed by atoms with Gasteiger partial charge in [-0.25, -0.2) is 13.6 Å². The van der Waals surface area contributed by atoms with E-state index in [2.05, 4.69) is 16.8 Å². The van der Waals surface area contributed by atoms with E-state index in [1.165, 1.54) is 38.3 Å². The molecule has 1 aliphatic rings. The number of carbonyl (C=O) groups excluding carboxylic acids is 3. The summed E-state index contributed by atoms with van der Waals surface area (Å²) >= 11 is 0. The second-order valence-corrected chi connectivity index (χ2v) is 8.48. The molecular weight excluding hydrogens is 480 g/mol. The van der Waals surface area contributed by atoms with Crippen LogP contribution in [0, 0.1) is 23.5 Å². The van der Waals surface area contributed by atoms with Crippen molar-refractivity contribution in [1.82, 2.24) is 9.80 Å². The van der Waals surface area contributed by atoms with Crippen molar-refractivity contribution >= 4 is 30.1 Å². The van der Waals surface area contributed by atoms with E-state index in [4.69, 9.17) is 5.73 Å². The largest absolute Gasteiger partial charge is 0.403 e. The first-order valence-electron chi connectivity index (χ1n) is 11.4. The minimum Gasteiger partial charge on any atom is -0.403 e. The summed E-state index contributed by atoms with van der Waals surface area (Å²) < 4.78 is 30.1. The Morgan fingerprint density at radius 1 is 1.16 bits per heavy atom. The molecule has 0 radical (unpaired) electrons. The number of carbonyl (C=O) groups is 3. The number of halogens is 2. The van der Waals surface area contributed by atoms with Gasteiger partial charge in [-0.2, -0.15) is 0 Å². The van der Waals surface area contributed by atoms with Crippen LogP contribution in [-0.4, -0.2) is 67.0 Å². The number of allylic oxidation sites excluding steroid dienone is 1. The summed E-state index contributed by atoms with van der Waals surface area (Å²) in [7, 11) is 2.71. The van der Waals surface area contributed by atoms with Crippen LogP contribution in [0.1, 0.15) is 24.5 Å². The molecule has 37 heavy (non-hydrogen) atoms. The van der Waals surface area contributed by atoms with Crippen LogP contribution in [0.5, 0.6) is 0 Å². The van der Waals surface area contributed by atoms with Crippen LogP contribution in [-0.2, 0) is 9.59 Å². The lowest BCUT2D eigenvalue weighted by Crippen LogP contribution is -2.67. The minimum absolute atomic E-state index is 0.0159. The highest BCUT2D eigenvalue weighted by Crippen LogP contribution is 2.31. The molecule has 0 spiro atoms. The van der Waals surface area contributed by atoms with Crippen LogP contribution in [0.3, 0.4) is 0 Å². The van der Waals surface area contributed by atoms with Crippen molar-refractivity contribution in [3.05, 3.63) is 77.1 Å². The van der Waals surface area contributed by atoms with E-state index in [1.54, 1.807) is 24.3 Å². The molecule has 1 heterocycles. The third-order valence-corrected chi connectivity index (χ3v) is 6.07. The number of anilines is 1. The molecule has 0 aromatic heterocycles. The van der Waals surface area contributed by atoms with Crippen molar-refractivity contribution in [2.24, 2.45) is 10.7 Å². The molecular formula is C27H27F2N5O3. The summed E-state index contributed by atoms with van der Waals surface area (Å²) in [5.74, 6) is 2.97. The average Bonchev–Trinajstić information content (AvgIpc) is 2.88. The lowest BCUT2D eigenvalue weighted by molar-refractivity contribution is -0.145. The highest BCUT2D eigenvalue weighted by molar-refractivity contribution is 6.01. The highest BCUT2D eigenvalue weighted by Gasteiger charge is 2.49. The molecule has 1 saturated heterocycles. The Morgan fingerprint density at radius 3 is 2.35 bits per heavy atom. The molecule has 192 valence electrons. The monoisotopic (exact) mass is 507 g/mol. The third kappa shape index (κ3) is 5.51. The molecule has 3 amide bonds. The molecule has 0 bridgehead atoms. The first-order chi connectivity index (χ1) is 17.7. The van der Waals surface area contributed by atoms with Crippen molar-refractivity contribution in [1.29, 1.82) is 0 Å². The molecule has 1 fully saturated rings. The molecule has 8 nitrogen and oxygen atoms in total. The number of nitrogens with two attached hydrogens (primary N) is 1. The SMILES string of the molecule is CN=CC(=CN)N1CCN(C(=O)N(C)c2c(F)cc(C#Cc3ccccc3)cc2F)C(C)(CC=O)C1=O. The number of aldehydes is 1. The molecule has 0 aliphatic carbocycles. The maximum atomic E-state index is 15.0. The fraction of sp³-hybridized carbons (Fsp3) is 0.259. The zero-order chi connectivity index (χ0) is 27.2. The number of aliphatic imine (C=N–C) groups is 1. The number of piperazine rings is 1. The number of nitrogens with zero attached hydrogens (tertiary/aromatic N) is 4. The molecule has 0 saturated carbocycles. The summed E-state index contributed by atoms with van der Waals surface area (Å²) in [6, 6.07) is 10.2. The fourth-order valence-electron chi connectivity index (χ4n) is 4.10. The van der Waals surface area contributed by atoms with Crippen LogP contribution in [0.15, 0.2) is 59.4 Å². The van der Waals surface area contributed by atoms with Crippen molar-refractivity contribution in [2.75, 3.05) is 32.1 Å². The van der Waals surface area contributed by atoms with Gasteiger partial charge in [-0.05, 0) is 31.2 Å². The Balaban J connectivity index is 1.92. The van der Waals surface area contributed by atoms with Gasteiger partial charge in [-0.1, -0.05) is 30.0 Å². The lowest BCUT2D eigenvalue weighted by atomic mass is 9.91. The predicted molar refractivity (Wildman–Crippen MR) is 137 cm³/mol. The molecule has 2 aromatic rings. The summed E-state index contributed by atoms with van der Waals surface area (Å²) in [5.41, 5.74) is 4.49. The van der Waals surface area contributed by atoms with Gasteiger partial charge in [-0.15, -0.1) is 0 Å². The average molecular weight is 508 g/mol. The van der Waals surface area contributed by atoms with Crippen molar-refractivity contribution in [3.63, 3.8) is 0 Å². The number of amides is 3. The van der Waals surface area contributed by atoms with Gasteiger partial charge in [0.25, 0.3) is 5.91 Å². The van der Waals surface area contributed by atoms with Gasteiger partial charge in [0.2, 0.25) is 0 Å². The van der Waals surface area contributed by atoms with Crippen LogP contribution in [0.25, 0.3) is 0 Å². The van der Waals surface area contributed by atoms with Gasteiger partial charge in [0.15, 0.2) is 11.6 Å². The first kappa shape index (κ1) is 27.1. The van der Waals surface area contributed by atoms with Crippen LogP contribution in [0.4, 0.5) is 19.3 Å². The zero-order valence-electron chi connectivity index (χ0n) is 20.7. The van der Waals surface area contributed by atoms with Crippen LogP contribution in [0.2, 0.25) is 0 Å². The van der Waals surface area contributed by atoms with Crippen molar-refractivity contribution in [3.8, 4) is 11.8 Å². The van der Waals surface area contributed by atoms with Crippen molar-refractivity contribution in [2.45, 2.75) is 18.9 Å². The quantitative estimate of drug-likeness (QED) is 0.382. The zero-order valence-corrected chi connectivity index (χ0v) is 20.7. The Hall–Kier alpha value is -4.52. The Morgan fingerprint density at radius 2 is 1.78 bits per heavy atom. The molecule has 1 unspecified atom stereocenters. The van der Waals surface area contributed by atoms with E-state index in [0.717, 1.165) is 21.9 Å². The van der Waals surface area contributed by atoms with E-state index >= 15 is 8.78 Å². The van der Waals surface area contributed by atoms with Crippen molar-refractivity contribution < 1.29 is 23.2 Å². The van der Waals surface area contributed by atoms with Crippen LogP contribution >= 0.6 is 0 Å². The first-order valence-corrected chi connectivity index (χ1v) is 11.4. The van der Waals surface area contributed by atoms with Gasteiger partial charge in [0.1, 0.15) is 17.5 Å². The van der Waals surface area contributed by atoms with Gasteiger partial charge >= 0.3 is 6.03 Å². The van der Waals surface area contributed by atoms with E-state index in [-0.39, 0.29) is 25.1 Å². The Bertz CT molecular complexity index is 1290. The second-order valence-electron chi connectivity index (χ2n) is 8.48. The topological polar surface area (TPSA) is 99.3 Å². The number of hydrogen-bond donors (Lipinski definition) is 1. The smallest absolute Gasteiger partial charge is 0.325 e. The number of hydrogen-bond acceptors (Lipinski definition) is 5. The maximum absolute atomic E-state index is 15.0. The fourth-order valence-corrected chi connectivity index (χ4v) is 4.10.